The third-order valence-electron chi connectivity index (χ3n) is 11.8. The summed E-state index contributed by atoms with van der Waals surface area (Å²) in [5.41, 5.74) is 7.75. The fraction of sp³-hybridized carbons (Fsp3) is 0.487. The molecule has 0 radical (unpaired) electrons. The van der Waals surface area contributed by atoms with Gasteiger partial charge >= 0.3 is 12.4 Å². The molecular formula is C39H43ClF6N8O2. The van der Waals surface area contributed by atoms with Gasteiger partial charge in [0.1, 0.15) is 17.3 Å². The Morgan fingerprint density at radius 3 is 1.77 bits per heavy atom. The van der Waals surface area contributed by atoms with Gasteiger partial charge in [-0.05, 0) is 112 Å². The van der Waals surface area contributed by atoms with E-state index in [1.54, 1.807) is 31.5 Å². The highest BCUT2D eigenvalue weighted by Gasteiger charge is 2.53. The number of halogens is 7. The summed E-state index contributed by atoms with van der Waals surface area (Å²) in [6.45, 7) is 8.38. The Kier molecular flexibility index (Phi) is 10.9. The van der Waals surface area contributed by atoms with Crippen LogP contribution in [0.5, 0.6) is 0 Å². The minimum atomic E-state index is -4.37. The molecule has 8 aliphatic heterocycles. The maximum atomic E-state index is 12.9. The standard InChI is InChI=1S/C19H19F3N4O.C11H8F3N.C9H15N3O.ClH/c20-19(21,22)15-2-1-12-10-23-16(8-13(12)7-15)24-17-9-18(27-25-17)11-26-5-3-14(18)4-6-26;1-7-4-9-5-10(11(12,13)14)3-2-8(9)6-15-7;10-8-5-9(13-11-8)6-12-3-1-7(9)2-4-12;/h1-2,7-8,10,14H,3-6,9,11H2,(H,23,24,25);2-6H,1H3;7H,1-6H2,(H2,10,11);1H/t18-;;9-;/m0.0./s1. The van der Waals surface area contributed by atoms with Crippen molar-refractivity contribution in [3.63, 3.8) is 0 Å². The minimum Gasteiger partial charge on any atom is -0.386 e. The smallest absolute Gasteiger partial charge is 0.386 e. The number of aromatic nitrogens is 2. The molecule has 0 saturated carbocycles. The Balaban J connectivity index is 0.000000140. The quantitative estimate of drug-likeness (QED) is 0.188. The van der Waals surface area contributed by atoms with Crippen molar-refractivity contribution in [2.24, 2.45) is 27.7 Å². The summed E-state index contributed by atoms with van der Waals surface area (Å²) >= 11 is 0. The number of hydrogen-bond acceptors (Lipinski definition) is 9. The summed E-state index contributed by atoms with van der Waals surface area (Å²) in [5.74, 6) is 2.94. The molecule has 10 nitrogen and oxygen atoms in total. The van der Waals surface area contributed by atoms with Crippen LogP contribution < -0.4 is 11.2 Å². The molecule has 7 saturated heterocycles. The second-order valence-electron chi connectivity index (χ2n) is 15.5. The van der Waals surface area contributed by atoms with Crippen LogP contribution in [0.2, 0.25) is 0 Å². The van der Waals surface area contributed by atoms with Gasteiger partial charge in [0.05, 0.1) is 17.5 Å². The predicted octanol–water partition coefficient (Wildman–Crippen LogP) is 7.80. The lowest BCUT2D eigenvalue weighted by Gasteiger charge is -2.49. The maximum Gasteiger partial charge on any atom is 0.416 e. The normalized spacial score (nSPS) is 29.6. The third kappa shape index (κ3) is 8.25. The molecule has 2 aromatic carbocycles. The van der Waals surface area contributed by atoms with Gasteiger partial charge in [-0.2, -0.15) is 26.3 Å². The molecule has 4 aromatic rings. The van der Waals surface area contributed by atoms with E-state index in [1.165, 1.54) is 38.1 Å². The first-order chi connectivity index (χ1) is 26.2. The summed E-state index contributed by atoms with van der Waals surface area (Å²) in [4.78, 5) is 29.2. The van der Waals surface area contributed by atoms with Crippen LogP contribution in [-0.2, 0) is 22.0 Å². The number of nitrogens with one attached hydrogen (secondary N) is 1. The molecule has 2 spiro atoms. The monoisotopic (exact) mass is 804 g/mol. The van der Waals surface area contributed by atoms with Gasteiger partial charge in [0.25, 0.3) is 0 Å². The molecule has 2 atom stereocenters. The highest BCUT2D eigenvalue weighted by atomic mass is 35.5. The van der Waals surface area contributed by atoms with E-state index in [0.717, 1.165) is 69.7 Å². The van der Waals surface area contributed by atoms with Crippen LogP contribution in [0.4, 0.5) is 32.2 Å². The molecule has 0 unspecified atom stereocenters. The highest BCUT2D eigenvalue weighted by molar-refractivity contribution is 5.89. The minimum absolute atomic E-state index is 0. The fourth-order valence-corrected chi connectivity index (χ4v) is 8.90. The molecule has 3 N–H and O–H groups in total. The number of nitrogens with zero attached hydrogens (tertiary/aromatic N) is 6. The Hall–Kier alpha value is -4.25. The number of aryl methyl sites for hydroxylation is 1. The van der Waals surface area contributed by atoms with Crippen molar-refractivity contribution in [1.82, 2.24) is 25.2 Å². The van der Waals surface area contributed by atoms with Gasteiger partial charge in [-0.1, -0.05) is 17.3 Å². The molecule has 7 fully saturated rings. The van der Waals surface area contributed by atoms with Gasteiger partial charge in [-0.25, -0.2) is 9.98 Å². The summed E-state index contributed by atoms with van der Waals surface area (Å²) in [7, 11) is 0. The van der Waals surface area contributed by atoms with E-state index in [1.807, 2.05) is 0 Å². The number of rotatable bonds is 1. The van der Waals surface area contributed by atoms with Crippen molar-refractivity contribution in [2.75, 3.05) is 39.3 Å². The molecular weight excluding hydrogens is 762 g/mol. The van der Waals surface area contributed by atoms with Crippen molar-refractivity contribution >= 4 is 51.4 Å². The van der Waals surface area contributed by atoms with E-state index in [4.69, 9.17) is 15.4 Å². The van der Waals surface area contributed by atoms with Gasteiger partial charge in [-0.15, -0.1) is 12.4 Å². The van der Waals surface area contributed by atoms with Gasteiger partial charge in [0, 0.05) is 54.3 Å². The number of oxime groups is 1. The molecule has 4 bridgehead atoms. The lowest BCUT2D eigenvalue weighted by atomic mass is 9.74. The van der Waals surface area contributed by atoms with Crippen molar-refractivity contribution in [3.05, 3.63) is 77.7 Å². The van der Waals surface area contributed by atoms with Crippen LogP contribution in [0.3, 0.4) is 0 Å². The molecule has 17 heteroatoms. The number of fused-ring (bicyclic) bond motifs is 6. The number of pyridine rings is 2. The first-order valence-electron chi connectivity index (χ1n) is 18.5. The summed E-state index contributed by atoms with van der Waals surface area (Å²) in [5, 5.41) is 6.30. The Labute approximate surface area is 325 Å². The first-order valence-corrected chi connectivity index (χ1v) is 18.5. The molecule has 8 aliphatic rings. The predicted molar refractivity (Wildman–Crippen MR) is 203 cm³/mol. The number of piperidine rings is 6. The molecule has 0 aliphatic carbocycles. The van der Waals surface area contributed by atoms with E-state index in [0.29, 0.717) is 63.0 Å². The van der Waals surface area contributed by atoms with E-state index >= 15 is 0 Å². The van der Waals surface area contributed by atoms with E-state index in [9.17, 15) is 26.3 Å². The number of hydroxylamine groups is 1. The molecule has 300 valence electrons. The van der Waals surface area contributed by atoms with Crippen LogP contribution >= 0.6 is 12.4 Å². The highest BCUT2D eigenvalue weighted by Crippen LogP contribution is 2.44. The van der Waals surface area contributed by atoms with Gasteiger partial charge < -0.3 is 15.5 Å². The largest absolute Gasteiger partial charge is 0.416 e. The van der Waals surface area contributed by atoms with Crippen molar-refractivity contribution < 1.29 is 36.0 Å². The second kappa shape index (κ2) is 15.3. The van der Waals surface area contributed by atoms with Gasteiger partial charge in [0.2, 0.25) is 0 Å². The SMILES string of the molecule is Cc1cc2cc(C(F)(F)F)ccc2cn1.Cl.FC(F)(F)c1ccc2cnc(N=C3C[C@@]4(CN5CCC4CC5)ON3)cc2c1.NC1=NO[C@@]2(C1)CN1CCC2CC1. The third-order valence-corrected chi connectivity index (χ3v) is 11.8. The molecule has 12 rings (SSSR count). The zero-order valence-electron chi connectivity index (χ0n) is 30.7. The number of hydrogen-bond donors (Lipinski definition) is 2. The molecule has 2 aromatic heterocycles. The van der Waals surface area contributed by atoms with E-state index < -0.39 is 23.5 Å². The van der Waals surface area contributed by atoms with E-state index in [2.05, 4.69) is 35.4 Å². The fourth-order valence-electron chi connectivity index (χ4n) is 8.90. The van der Waals surface area contributed by atoms with Gasteiger partial charge in [-0.3, -0.25) is 20.2 Å². The van der Waals surface area contributed by atoms with Gasteiger partial charge in [0.15, 0.2) is 11.4 Å². The lowest BCUT2D eigenvalue weighted by molar-refractivity contribution is -0.150. The zero-order chi connectivity index (χ0) is 38.6. The Morgan fingerprint density at radius 2 is 1.27 bits per heavy atom. The maximum absolute atomic E-state index is 12.9. The number of nitrogens with two attached hydrogens (primary N) is 1. The number of alkyl halides is 6. The summed E-state index contributed by atoms with van der Waals surface area (Å²) < 4.78 is 76.0. The second-order valence-corrected chi connectivity index (χ2v) is 15.5. The van der Waals surface area contributed by atoms with Crippen molar-refractivity contribution in [3.8, 4) is 0 Å². The zero-order valence-corrected chi connectivity index (χ0v) is 31.5. The number of benzene rings is 2. The molecule has 0 amide bonds. The molecule has 10 heterocycles. The van der Waals surface area contributed by atoms with Crippen LogP contribution in [0.1, 0.15) is 55.3 Å². The van der Waals surface area contributed by atoms with Crippen molar-refractivity contribution in [2.45, 2.75) is 69.0 Å². The Morgan fingerprint density at radius 1 is 0.732 bits per heavy atom. The van der Waals surface area contributed by atoms with Crippen LogP contribution in [0.15, 0.2) is 71.1 Å². The van der Waals surface area contributed by atoms with Crippen molar-refractivity contribution in [1.29, 1.82) is 0 Å². The number of amidine groups is 2. The average molecular weight is 805 g/mol. The topological polar surface area (TPSA) is 113 Å². The van der Waals surface area contributed by atoms with E-state index in [-0.39, 0.29) is 23.6 Å². The number of aliphatic imine (C=N–C) groups is 1. The Bertz CT molecular complexity index is 2130. The van der Waals surface area contributed by atoms with Crippen LogP contribution in [-0.4, -0.2) is 81.9 Å². The van der Waals surface area contributed by atoms with Crippen LogP contribution in [0.25, 0.3) is 21.5 Å². The average Bonchev–Trinajstić information content (AvgIpc) is 3.73. The molecule has 56 heavy (non-hydrogen) atoms. The lowest BCUT2D eigenvalue weighted by Crippen LogP contribution is -2.59. The van der Waals surface area contributed by atoms with Crippen LogP contribution in [0, 0.1) is 18.8 Å². The summed E-state index contributed by atoms with van der Waals surface area (Å²) in [6.07, 6.45) is 0.750. The summed E-state index contributed by atoms with van der Waals surface area (Å²) in [6, 6.07) is 10.5. The first kappa shape index (κ1) is 40.0.